The molecule has 8 heteroatoms. The van der Waals surface area contributed by atoms with Crippen molar-refractivity contribution in [3.63, 3.8) is 0 Å². The molecule has 6 nitrogen and oxygen atoms in total. The summed E-state index contributed by atoms with van der Waals surface area (Å²) in [5, 5.41) is 10.9. The third-order valence-electron chi connectivity index (χ3n) is 5.23. The van der Waals surface area contributed by atoms with Gasteiger partial charge in [-0.1, -0.05) is 17.9 Å². The van der Waals surface area contributed by atoms with Gasteiger partial charge in [0, 0.05) is 24.3 Å². The Morgan fingerprint density at radius 2 is 1.93 bits per heavy atom. The van der Waals surface area contributed by atoms with Crippen molar-refractivity contribution in [3.8, 4) is 0 Å². The summed E-state index contributed by atoms with van der Waals surface area (Å²) in [5.74, 6) is -0.633. The number of hydrogen-bond acceptors (Lipinski definition) is 5. The number of aromatic nitrogens is 2. The Balaban J connectivity index is 1.80. The van der Waals surface area contributed by atoms with Crippen molar-refractivity contribution in [1.29, 1.82) is 0 Å². The zero-order valence-electron chi connectivity index (χ0n) is 15.3. The highest BCUT2D eigenvalue weighted by atomic mass is 19.1. The smallest absolute Gasteiger partial charge is 0.272 e. The molecular weight excluding hydrogens is 376 g/mol. The number of likely N-dealkylation sites (N-methyl/N-ethyl adjacent to an activating group) is 1. The van der Waals surface area contributed by atoms with Crippen LogP contribution in [0, 0.1) is 11.6 Å². The second-order valence-electron chi connectivity index (χ2n) is 6.99. The number of aliphatic imine (C=N–C) groups is 1. The Morgan fingerprint density at radius 1 is 1.14 bits per heavy atom. The predicted octanol–water partition coefficient (Wildman–Crippen LogP) is 3.42. The molecule has 144 valence electrons. The van der Waals surface area contributed by atoms with Crippen LogP contribution in [0.3, 0.4) is 0 Å². The number of nitrogens with zero attached hydrogens (tertiary/aromatic N) is 3. The summed E-state index contributed by atoms with van der Waals surface area (Å²) in [4.78, 5) is 18.6. The highest BCUT2D eigenvalue weighted by Crippen LogP contribution is 2.44. The van der Waals surface area contributed by atoms with E-state index in [2.05, 4.69) is 26.2 Å². The number of halogens is 2. The number of hydrogen-bond donors (Lipinski definition) is 2. The normalized spacial score (nSPS) is 20.0. The van der Waals surface area contributed by atoms with Crippen LogP contribution in [0.4, 0.5) is 14.5 Å². The first kappa shape index (κ1) is 17.3. The van der Waals surface area contributed by atoms with Crippen LogP contribution in [-0.2, 0) is 0 Å². The predicted molar refractivity (Wildman–Crippen MR) is 106 cm³/mol. The first-order valence-corrected chi connectivity index (χ1v) is 8.98. The summed E-state index contributed by atoms with van der Waals surface area (Å²) in [6.45, 7) is 0. The highest BCUT2D eigenvalue weighted by molar-refractivity contribution is 6.03. The van der Waals surface area contributed by atoms with Crippen LogP contribution in [0.15, 0.2) is 64.3 Å². The summed E-state index contributed by atoms with van der Waals surface area (Å²) in [5.41, 5.74) is 4.26. The molecule has 2 atom stereocenters. The lowest BCUT2D eigenvalue weighted by Crippen LogP contribution is -2.38. The summed E-state index contributed by atoms with van der Waals surface area (Å²) in [7, 11) is 1.84. The van der Waals surface area contributed by atoms with E-state index in [1.165, 1.54) is 24.3 Å². The van der Waals surface area contributed by atoms with E-state index in [-0.39, 0.29) is 11.2 Å². The number of anilines is 1. The van der Waals surface area contributed by atoms with E-state index in [0.717, 1.165) is 5.56 Å². The van der Waals surface area contributed by atoms with Gasteiger partial charge in [-0.3, -0.25) is 4.79 Å². The van der Waals surface area contributed by atoms with E-state index >= 15 is 0 Å². The molecule has 2 N–H and O–H groups in total. The van der Waals surface area contributed by atoms with Gasteiger partial charge in [-0.05, 0) is 29.8 Å². The minimum absolute atomic E-state index is 0.213. The Hall–Kier alpha value is -3.77. The van der Waals surface area contributed by atoms with Crippen molar-refractivity contribution in [2.45, 2.75) is 12.0 Å². The number of nitrogens with one attached hydrogen (secondary N) is 2. The Labute approximate surface area is 163 Å². The van der Waals surface area contributed by atoms with E-state index in [0.29, 0.717) is 22.6 Å². The third kappa shape index (κ3) is 2.73. The average Bonchev–Trinajstić information content (AvgIpc) is 2.71. The fraction of sp³-hybridized carbons (Fsp3) is 0.143. The second-order valence-corrected chi connectivity index (χ2v) is 6.99. The number of amidine groups is 1. The Kier molecular flexibility index (Phi) is 3.82. The molecule has 2 aliphatic rings. The van der Waals surface area contributed by atoms with Crippen LogP contribution < -0.4 is 10.9 Å². The van der Waals surface area contributed by atoms with E-state index in [4.69, 9.17) is 0 Å². The number of rotatable bonds is 2. The molecule has 0 saturated carbocycles. The SMILES string of the molecule is CN1C=C=CN=C1[C@H]1c2n[nH]c(=O)c3cc(F)cc(c23)N[C@@H]1c1ccc(F)cc1. The monoisotopic (exact) mass is 391 g/mol. The lowest BCUT2D eigenvalue weighted by atomic mass is 9.83. The summed E-state index contributed by atoms with van der Waals surface area (Å²) in [6, 6.07) is 8.21. The first-order chi connectivity index (χ1) is 14.0. The molecule has 1 aromatic heterocycles. The van der Waals surface area contributed by atoms with Gasteiger partial charge in [0.2, 0.25) is 0 Å². The molecule has 0 bridgehead atoms. The van der Waals surface area contributed by atoms with Crippen LogP contribution in [-0.4, -0.2) is 28.0 Å². The lowest BCUT2D eigenvalue weighted by molar-refractivity contribution is 0.581. The summed E-state index contributed by atoms with van der Waals surface area (Å²) >= 11 is 0. The molecule has 0 saturated heterocycles. The van der Waals surface area contributed by atoms with E-state index in [1.54, 1.807) is 24.5 Å². The van der Waals surface area contributed by atoms with Crippen molar-refractivity contribution >= 4 is 22.3 Å². The molecule has 0 fully saturated rings. The molecule has 0 amide bonds. The van der Waals surface area contributed by atoms with E-state index < -0.39 is 23.3 Å². The van der Waals surface area contributed by atoms with Gasteiger partial charge in [0.05, 0.1) is 29.2 Å². The van der Waals surface area contributed by atoms with Crippen molar-refractivity contribution in [2.75, 3.05) is 12.4 Å². The van der Waals surface area contributed by atoms with Crippen molar-refractivity contribution < 1.29 is 8.78 Å². The lowest BCUT2D eigenvalue weighted by Gasteiger charge is -2.37. The fourth-order valence-electron chi connectivity index (χ4n) is 3.96. The molecule has 2 aromatic carbocycles. The molecule has 2 aliphatic heterocycles. The molecule has 0 spiro atoms. The van der Waals surface area contributed by atoms with E-state index in [9.17, 15) is 13.6 Å². The molecule has 0 radical (unpaired) electrons. The van der Waals surface area contributed by atoms with Crippen LogP contribution in [0.25, 0.3) is 10.8 Å². The van der Waals surface area contributed by atoms with Crippen molar-refractivity contribution in [1.82, 2.24) is 15.1 Å². The topological polar surface area (TPSA) is 73.4 Å². The van der Waals surface area contributed by atoms with Gasteiger partial charge in [0.15, 0.2) is 0 Å². The van der Waals surface area contributed by atoms with Crippen molar-refractivity contribution in [2.24, 2.45) is 4.99 Å². The van der Waals surface area contributed by atoms with Crippen LogP contribution in [0.2, 0.25) is 0 Å². The van der Waals surface area contributed by atoms with Crippen molar-refractivity contribution in [3.05, 3.63) is 87.8 Å². The fourth-order valence-corrected chi connectivity index (χ4v) is 3.96. The van der Waals surface area contributed by atoms with Gasteiger partial charge in [-0.15, -0.1) is 0 Å². The Morgan fingerprint density at radius 3 is 2.69 bits per heavy atom. The van der Waals surface area contributed by atoms with Crippen LogP contribution >= 0.6 is 0 Å². The number of aromatic amines is 1. The molecule has 3 heterocycles. The quantitative estimate of drug-likeness (QED) is 0.657. The maximum Gasteiger partial charge on any atom is 0.272 e. The second kappa shape index (κ2) is 6.39. The van der Waals surface area contributed by atoms with E-state index in [1.807, 2.05) is 11.9 Å². The van der Waals surface area contributed by atoms with Gasteiger partial charge in [-0.25, -0.2) is 18.9 Å². The maximum atomic E-state index is 14.2. The summed E-state index contributed by atoms with van der Waals surface area (Å²) < 4.78 is 27.7. The van der Waals surface area contributed by atoms with Gasteiger partial charge >= 0.3 is 0 Å². The minimum atomic E-state index is -0.531. The molecule has 0 unspecified atom stereocenters. The third-order valence-corrected chi connectivity index (χ3v) is 5.23. The van der Waals surface area contributed by atoms with Gasteiger partial charge in [0.25, 0.3) is 5.56 Å². The minimum Gasteiger partial charge on any atom is -0.376 e. The van der Waals surface area contributed by atoms with Gasteiger partial charge < -0.3 is 10.2 Å². The first-order valence-electron chi connectivity index (χ1n) is 8.98. The Bertz CT molecular complexity index is 1290. The molecule has 29 heavy (non-hydrogen) atoms. The standard InChI is InChI=1S/C21H15F2N5O/c1-28-8-2-7-24-20(28)17-18(11-3-5-12(22)6-4-11)25-15-10-13(23)9-14-16(15)19(17)26-27-21(14)29/h3-10,17-18,25H,1H3,(H,27,29)/t17-,18-/m1/s1. The molecule has 3 aromatic rings. The highest BCUT2D eigenvalue weighted by Gasteiger charge is 2.38. The molecule has 5 rings (SSSR count). The summed E-state index contributed by atoms with van der Waals surface area (Å²) in [6.07, 6.45) is 3.30. The number of benzene rings is 2. The zero-order chi connectivity index (χ0) is 20.1. The number of H-pyrrole nitrogens is 1. The van der Waals surface area contributed by atoms with Crippen LogP contribution in [0.1, 0.15) is 23.2 Å². The molecular formula is C21H15F2N5O. The molecule has 0 aliphatic carbocycles. The zero-order valence-corrected chi connectivity index (χ0v) is 15.3. The largest absolute Gasteiger partial charge is 0.376 e. The maximum absolute atomic E-state index is 14.2. The van der Waals surface area contributed by atoms with Crippen LogP contribution in [0.5, 0.6) is 0 Å². The van der Waals surface area contributed by atoms with Gasteiger partial charge in [0.1, 0.15) is 17.5 Å². The average molecular weight is 391 g/mol. The van der Waals surface area contributed by atoms with Gasteiger partial charge in [-0.2, -0.15) is 5.10 Å².